The van der Waals surface area contributed by atoms with Crippen molar-refractivity contribution in [3.8, 4) is 0 Å². The molecule has 1 unspecified atom stereocenters. The third kappa shape index (κ3) is 3.33. The van der Waals surface area contributed by atoms with E-state index in [4.69, 9.17) is 11.6 Å². The van der Waals surface area contributed by atoms with Gasteiger partial charge in [-0.3, -0.25) is 0 Å². The van der Waals surface area contributed by atoms with Crippen LogP contribution in [0.4, 0.5) is 4.39 Å². The number of halogens is 2. The number of aromatic nitrogens is 2. The zero-order chi connectivity index (χ0) is 13.8. The van der Waals surface area contributed by atoms with E-state index in [1.165, 1.54) is 6.07 Å². The largest absolute Gasteiger partial charge is 0.338 e. The van der Waals surface area contributed by atoms with E-state index >= 15 is 0 Å². The predicted octanol–water partition coefficient (Wildman–Crippen LogP) is 3.11. The molecule has 1 aromatic heterocycles. The minimum absolute atomic E-state index is 0.0258. The molecule has 0 fully saturated rings. The normalized spacial score (nSPS) is 12.6. The average Bonchev–Trinajstić information content (AvgIpc) is 2.78. The molecule has 0 spiro atoms. The number of imidazole rings is 1. The van der Waals surface area contributed by atoms with Gasteiger partial charge in [0, 0.05) is 31.9 Å². The highest BCUT2D eigenvalue weighted by Crippen LogP contribution is 2.22. The van der Waals surface area contributed by atoms with Crippen LogP contribution in [0.1, 0.15) is 24.4 Å². The first-order chi connectivity index (χ1) is 9.11. The third-order valence-electron chi connectivity index (χ3n) is 3.10. The summed E-state index contributed by atoms with van der Waals surface area (Å²) < 4.78 is 15.5. The quantitative estimate of drug-likeness (QED) is 0.913. The SMILES string of the molecule is CCNC(Cc1nccn1C)c1ccc(Cl)c(F)c1. The summed E-state index contributed by atoms with van der Waals surface area (Å²) in [5.74, 6) is 0.572. The Hall–Kier alpha value is -1.39. The zero-order valence-electron chi connectivity index (χ0n) is 11.0. The molecule has 0 aliphatic heterocycles. The Balaban J connectivity index is 2.24. The van der Waals surface area contributed by atoms with Crippen molar-refractivity contribution >= 4 is 11.6 Å². The van der Waals surface area contributed by atoms with Crippen LogP contribution in [0.25, 0.3) is 0 Å². The summed E-state index contributed by atoms with van der Waals surface area (Å²) >= 11 is 5.72. The third-order valence-corrected chi connectivity index (χ3v) is 3.41. The summed E-state index contributed by atoms with van der Waals surface area (Å²) in [6, 6.07) is 4.95. The number of benzene rings is 1. The molecule has 0 radical (unpaired) electrons. The van der Waals surface area contributed by atoms with Crippen molar-refractivity contribution < 1.29 is 4.39 Å². The Morgan fingerprint density at radius 3 is 2.84 bits per heavy atom. The lowest BCUT2D eigenvalue weighted by molar-refractivity contribution is 0.524. The van der Waals surface area contributed by atoms with Gasteiger partial charge in [-0.25, -0.2) is 9.37 Å². The summed E-state index contributed by atoms with van der Waals surface area (Å²) in [4.78, 5) is 4.31. The van der Waals surface area contributed by atoms with Gasteiger partial charge in [0.2, 0.25) is 0 Å². The molecule has 19 heavy (non-hydrogen) atoms. The monoisotopic (exact) mass is 281 g/mol. The number of hydrogen-bond acceptors (Lipinski definition) is 2. The van der Waals surface area contributed by atoms with Gasteiger partial charge < -0.3 is 9.88 Å². The first kappa shape index (κ1) is 14.0. The summed E-state index contributed by atoms with van der Waals surface area (Å²) in [6.45, 7) is 2.83. The fourth-order valence-electron chi connectivity index (χ4n) is 2.06. The second-order valence-electron chi connectivity index (χ2n) is 4.44. The van der Waals surface area contributed by atoms with Crippen molar-refractivity contribution in [2.45, 2.75) is 19.4 Å². The fraction of sp³-hybridized carbons (Fsp3) is 0.357. The van der Waals surface area contributed by atoms with Crippen LogP contribution < -0.4 is 5.32 Å². The van der Waals surface area contributed by atoms with Crippen molar-refractivity contribution in [1.82, 2.24) is 14.9 Å². The number of likely N-dealkylation sites (N-methyl/N-ethyl adjacent to an activating group) is 1. The maximum absolute atomic E-state index is 13.6. The van der Waals surface area contributed by atoms with E-state index in [-0.39, 0.29) is 16.9 Å². The lowest BCUT2D eigenvalue weighted by Gasteiger charge is -2.18. The van der Waals surface area contributed by atoms with E-state index in [2.05, 4.69) is 10.3 Å². The summed E-state index contributed by atoms with van der Waals surface area (Å²) in [5, 5.41) is 3.50. The minimum atomic E-state index is -0.387. The summed E-state index contributed by atoms with van der Waals surface area (Å²) in [7, 11) is 1.95. The van der Waals surface area contributed by atoms with Crippen molar-refractivity contribution in [2.24, 2.45) is 7.05 Å². The van der Waals surface area contributed by atoms with Crippen LogP contribution in [0.5, 0.6) is 0 Å². The van der Waals surface area contributed by atoms with Gasteiger partial charge in [-0.1, -0.05) is 24.6 Å². The zero-order valence-corrected chi connectivity index (χ0v) is 11.8. The lowest BCUT2D eigenvalue weighted by Crippen LogP contribution is -2.24. The minimum Gasteiger partial charge on any atom is -0.338 e. The molecule has 1 heterocycles. The highest BCUT2D eigenvalue weighted by atomic mass is 35.5. The second-order valence-corrected chi connectivity index (χ2v) is 4.85. The molecule has 0 bridgehead atoms. The standard InChI is InChI=1S/C14H17ClFN3/c1-3-17-13(9-14-18-6-7-19(14)2)10-4-5-11(15)12(16)8-10/h4-8,13,17H,3,9H2,1-2H3. The van der Waals surface area contributed by atoms with Crippen LogP contribution in [0, 0.1) is 5.82 Å². The van der Waals surface area contributed by atoms with Gasteiger partial charge in [-0.05, 0) is 24.2 Å². The number of nitrogens with zero attached hydrogens (tertiary/aromatic N) is 2. The van der Waals surface area contributed by atoms with E-state index in [9.17, 15) is 4.39 Å². The van der Waals surface area contributed by atoms with E-state index in [1.54, 1.807) is 12.3 Å². The van der Waals surface area contributed by atoms with Gasteiger partial charge in [0.15, 0.2) is 0 Å². The Morgan fingerprint density at radius 2 is 2.26 bits per heavy atom. The van der Waals surface area contributed by atoms with Crippen molar-refractivity contribution in [3.05, 3.63) is 52.8 Å². The first-order valence-corrected chi connectivity index (χ1v) is 6.64. The van der Waals surface area contributed by atoms with Crippen LogP contribution >= 0.6 is 11.6 Å². The Kier molecular flexibility index (Phi) is 4.56. The maximum atomic E-state index is 13.6. The maximum Gasteiger partial charge on any atom is 0.142 e. The highest BCUT2D eigenvalue weighted by molar-refractivity contribution is 6.30. The van der Waals surface area contributed by atoms with Gasteiger partial charge >= 0.3 is 0 Å². The molecule has 5 heteroatoms. The van der Waals surface area contributed by atoms with Gasteiger partial charge in [0.25, 0.3) is 0 Å². The predicted molar refractivity (Wildman–Crippen MR) is 74.7 cm³/mol. The summed E-state index contributed by atoms with van der Waals surface area (Å²) in [6.07, 6.45) is 4.37. The van der Waals surface area contributed by atoms with E-state index in [0.29, 0.717) is 6.42 Å². The highest BCUT2D eigenvalue weighted by Gasteiger charge is 2.15. The lowest BCUT2D eigenvalue weighted by atomic mass is 10.0. The number of hydrogen-bond donors (Lipinski definition) is 1. The average molecular weight is 282 g/mol. The Labute approximate surface area is 117 Å². The molecule has 3 nitrogen and oxygen atoms in total. The molecule has 2 aromatic rings. The number of aryl methyl sites for hydroxylation is 1. The molecule has 0 aliphatic rings. The topological polar surface area (TPSA) is 29.9 Å². The van der Waals surface area contributed by atoms with E-state index in [0.717, 1.165) is 17.9 Å². The molecule has 1 atom stereocenters. The van der Waals surface area contributed by atoms with Crippen LogP contribution in [-0.2, 0) is 13.5 Å². The number of rotatable bonds is 5. The smallest absolute Gasteiger partial charge is 0.142 e. The first-order valence-electron chi connectivity index (χ1n) is 6.26. The molecule has 102 valence electrons. The van der Waals surface area contributed by atoms with Gasteiger partial charge in [-0.15, -0.1) is 0 Å². The van der Waals surface area contributed by atoms with Gasteiger partial charge in [0.05, 0.1) is 5.02 Å². The van der Waals surface area contributed by atoms with Crippen LogP contribution in [-0.4, -0.2) is 16.1 Å². The molecule has 1 N–H and O–H groups in total. The molecule has 1 aromatic carbocycles. The molecule has 2 rings (SSSR count). The summed E-state index contributed by atoms with van der Waals surface area (Å²) in [5.41, 5.74) is 0.881. The van der Waals surface area contributed by atoms with Gasteiger partial charge in [-0.2, -0.15) is 0 Å². The fourth-order valence-corrected chi connectivity index (χ4v) is 2.18. The van der Waals surface area contributed by atoms with Crippen molar-refractivity contribution in [2.75, 3.05) is 6.54 Å². The van der Waals surface area contributed by atoms with Crippen molar-refractivity contribution in [3.63, 3.8) is 0 Å². The van der Waals surface area contributed by atoms with Crippen molar-refractivity contribution in [1.29, 1.82) is 0 Å². The van der Waals surface area contributed by atoms with E-state index in [1.807, 2.05) is 30.8 Å². The molecule has 0 aliphatic carbocycles. The molecular weight excluding hydrogens is 265 g/mol. The second kappa shape index (κ2) is 6.17. The molecule has 0 saturated carbocycles. The van der Waals surface area contributed by atoms with E-state index < -0.39 is 0 Å². The Morgan fingerprint density at radius 1 is 1.47 bits per heavy atom. The molecular formula is C14H17ClFN3. The number of nitrogens with one attached hydrogen (secondary N) is 1. The van der Waals surface area contributed by atoms with Crippen LogP contribution in [0.3, 0.4) is 0 Å². The van der Waals surface area contributed by atoms with Crippen LogP contribution in [0.15, 0.2) is 30.6 Å². The van der Waals surface area contributed by atoms with Gasteiger partial charge in [0.1, 0.15) is 11.6 Å². The van der Waals surface area contributed by atoms with Crippen LogP contribution in [0.2, 0.25) is 5.02 Å². The Bertz CT molecular complexity index is 553. The molecule has 0 amide bonds. The molecule has 0 saturated heterocycles.